The molecule has 1 atom stereocenters. The molecule has 178 valence electrons. The van der Waals surface area contributed by atoms with E-state index in [0.717, 1.165) is 56.2 Å². The minimum absolute atomic E-state index is 0.177. The number of benzene rings is 1. The van der Waals surface area contributed by atoms with Gasteiger partial charge in [-0.15, -0.1) is 5.06 Å². The lowest BCUT2D eigenvalue weighted by atomic mass is 9.66. The quantitative estimate of drug-likeness (QED) is 0.464. The Bertz CT molecular complexity index is 819. The molecular formula is C27H42N2O3. The van der Waals surface area contributed by atoms with Crippen LogP contribution >= 0.6 is 0 Å². The molecule has 0 bridgehead atoms. The molecule has 5 heteroatoms. The fraction of sp³-hybridized carbons (Fsp3) is 0.704. The maximum Gasteiger partial charge on any atom is 0.339 e. The summed E-state index contributed by atoms with van der Waals surface area (Å²) < 4.78 is 5.12. The van der Waals surface area contributed by atoms with Crippen LogP contribution in [0.3, 0.4) is 0 Å². The summed E-state index contributed by atoms with van der Waals surface area (Å²) in [6.45, 7) is 12.7. The Kier molecular flexibility index (Phi) is 7.21. The number of hydrogen-bond acceptors (Lipinski definition) is 5. The van der Waals surface area contributed by atoms with E-state index in [1.54, 1.807) is 0 Å². The standard InChI is InChI=1S/C27H42N2O3/c1-8-9-20-27(24(2,3)4)22(21-16-12-10-13-17-21)28-26(18-14-11-15-19-26)29(27)32-25(5,6)23(30)31-7/h10,12-13,16-17H,8-9,11,14-15,18-20H2,1-7H3. The Morgan fingerprint density at radius 2 is 1.69 bits per heavy atom. The van der Waals surface area contributed by atoms with Gasteiger partial charge in [0.05, 0.1) is 18.4 Å². The first-order chi connectivity index (χ1) is 15.0. The number of ether oxygens (including phenoxy) is 1. The first-order valence-corrected chi connectivity index (χ1v) is 12.3. The van der Waals surface area contributed by atoms with Gasteiger partial charge < -0.3 is 4.74 Å². The highest BCUT2D eigenvalue weighted by Gasteiger charge is 2.64. The van der Waals surface area contributed by atoms with E-state index in [4.69, 9.17) is 14.6 Å². The summed E-state index contributed by atoms with van der Waals surface area (Å²) in [5.41, 5.74) is 0.0306. The van der Waals surface area contributed by atoms with Crippen molar-refractivity contribution >= 4 is 11.7 Å². The van der Waals surface area contributed by atoms with Gasteiger partial charge in [0.25, 0.3) is 0 Å². The van der Waals surface area contributed by atoms with Gasteiger partial charge >= 0.3 is 5.97 Å². The molecule has 0 aromatic heterocycles. The molecule has 1 aliphatic heterocycles. The number of hydrogen-bond donors (Lipinski definition) is 0. The Morgan fingerprint density at radius 1 is 1.06 bits per heavy atom. The van der Waals surface area contributed by atoms with Crippen LogP contribution in [0.25, 0.3) is 0 Å². The van der Waals surface area contributed by atoms with Crippen LogP contribution in [0, 0.1) is 5.41 Å². The molecule has 1 aromatic carbocycles. The van der Waals surface area contributed by atoms with Crippen LogP contribution in [-0.2, 0) is 14.4 Å². The molecule has 1 aliphatic carbocycles. The zero-order valence-electron chi connectivity index (χ0n) is 21.2. The number of methoxy groups -OCH3 is 1. The van der Waals surface area contributed by atoms with Crippen LogP contribution in [0.2, 0.25) is 0 Å². The Morgan fingerprint density at radius 3 is 2.22 bits per heavy atom. The Hall–Kier alpha value is -1.72. The van der Waals surface area contributed by atoms with Crippen molar-refractivity contribution in [3.63, 3.8) is 0 Å². The molecule has 1 spiro atoms. The van der Waals surface area contributed by atoms with Crippen LogP contribution in [0.4, 0.5) is 0 Å². The highest BCUT2D eigenvalue weighted by Crippen LogP contribution is 2.55. The number of hydroxylamine groups is 2. The number of rotatable bonds is 7. The van der Waals surface area contributed by atoms with Gasteiger partial charge in [0, 0.05) is 0 Å². The third-order valence-corrected chi connectivity index (χ3v) is 7.27. The second-order valence-corrected chi connectivity index (χ2v) is 11.0. The van der Waals surface area contributed by atoms with E-state index < -0.39 is 16.8 Å². The normalized spacial score (nSPS) is 23.9. The molecule has 0 saturated heterocycles. The summed E-state index contributed by atoms with van der Waals surface area (Å²) in [4.78, 5) is 25.0. The van der Waals surface area contributed by atoms with Crippen molar-refractivity contribution in [1.82, 2.24) is 5.06 Å². The van der Waals surface area contributed by atoms with Crippen LogP contribution in [0.1, 0.15) is 98.5 Å². The van der Waals surface area contributed by atoms with Gasteiger partial charge in [-0.05, 0) is 56.9 Å². The van der Waals surface area contributed by atoms with Crippen LogP contribution in [-0.4, -0.2) is 40.7 Å². The average molecular weight is 443 g/mol. The second kappa shape index (κ2) is 9.26. The third-order valence-electron chi connectivity index (χ3n) is 7.27. The zero-order chi connectivity index (χ0) is 23.6. The summed E-state index contributed by atoms with van der Waals surface area (Å²) in [5.74, 6) is -0.366. The van der Waals surface area contributed by atoms with Gasteiger partial charge in [0.1, 0.15) is 5.66 Å². The number of aliphatic imine (C=N–C) groups is 1. The molecule has 5 nitrogen and oxygen atoms in total. The minimum atomic E-state index is -1.11. The maximum absolute atomic E-state index is 12.7. The molecule has 1 aromatic rings. The molecule has 0 amide bonds. The van der Waals surface area contributed by atoms with E-state index in [2.05, 4.69) is 63.1 Å². The lowest BCUT2D eigenvalue weighted by molar-refractivity contribution is -0.322. The van der Waals surface area contributed by atoms with E-state index in [0.29, 0.717) is 0 Å². The lowest BCUT2D eigenvalue weighted by Crippen LogP contribution is -2.66. The predicted octanol–water partition coefficient (Wildman–Crippen LogP) is 6.31. The van der Waals surface area contributed by atoms with Gasteiger partial charge in [0.15, 0.2) is 5.60 Å². The average Bonchev–Trinajstić information content (AvgIpc) is 3.02. The van der Waals surface area contributed by atoms with Gasteiger partial charge in [-0.25, -0.2) is 4.79 Å². The molecule has 1 saturated carbocycles. The molecule has 32 heavy (non-hydrogen) atoms. The molecule has 0 radical (unpaired) electrons. The SMILES string of the molecule is CCCCC1(C(C)(C)C)C(c2ccccc2)=NC2(CCCCC2)N1OC(C)(C)C(=O)OC. The number of carbonyl (C=O) groups excluding carboxylic acids is 1. The molecule has 3 rings (SSSR count). The van der Waals surface area contributed by atoms with Gasteiger partial charge in [-0.2, -0.15) is 0 Å². The zero-order valence-corrected chi connectivity index (χ0v) is 21.2. The molecule has 1 heterocycles. The van der Waals surface area contributed by atoms with Crippen molar-refractivity contribution in [2.45, 2.75) is 110 Å². The van der Waals surface area contributed by atoms with Crippen molar-refractivity contribution in [3.05, 3.63) is 35.9 Å². The summed E-state index contributed by atoms with van der Waals surface area (Å²) in [6, 6.07) is 10.5. The van der Waals surface area contributed by atoms with Gasteiger partial charge in [-0.1, -0.05) is 77.3 Å². The topological polar surface area (TPSA) is 51.1 Å². The first-order valence-electron chi connectivity index (χ1n) is 12.3. The predicted molar refractivity (Wildman–Crippen MR) is 130 cm³/mol. The summed E-state index contributed by atoms with van der Waals surface area (Å²) in [5, 5.41) is 2.17. The van der Waals surface area contributed by atoms with E-state index in [1.807, 2.05) is 13.8 Å². The van der Waals surface area contributed by atoms with Crippen molar-refractivity contribution in [2.75, 3.05) is 7.11 Å². The lowest BCUT2D eigenvalue weighted by Gasteiger charge is -2.54. The highest BCUT2D eigenvalue weighted by molar-refractivity contribution is 6.09. The minimum Gasteiger partial charge on any atom is -0.467 e. The van der Waals surface area contributed by atoms with E-state index >= 15 is 0 Å². The second-order valence-electron chi connectivity index (χ2n) is 11.0. The molecule has 2 aliphatic rings. The molecular weight excluding hydrogens is 400 g/mol. The number of nitrogens with zero attached hydrogens (tertiary/aromatic N) is 2. The summed E-state index contributed by atoms with van der Waals surface area (Å²) in [7, 11) is 1.42. The molecule has 1 unspecified atom stereocenters. The number of esters is 1. The van der Waals surface area contributed by atoms with Crippen molar-refractivity contribution in [1.29, 1.82) is 0 Å². The van der Waals surface area contributed by atoms with E-state index in [9.17, 15) is 4.79 Å². The summed E-state index contributed by atoms with van der Waals surface area (Å²) >= 11 is 0. The largest absolute Gasteiger partial charge is 0.467 e. The third kappa shape index (κ3) is 4.26. The maximum atomic E-state index is 12.7. The van der Waals surface area contributed by atoms with E-state index in [1.165, 1.54) is 13.5 Å². The highest BCUT2D eigenvalue weighted by atomic mass is 16.7. The Labute approximate surface area is 194 Å². The fourth-order valence-corrected chi connectivity index (χ4v) is 5.49. The first kappa shape index (κ1) is 24.9. The van der Waals surface area contributed by atoms with Gasteiger partial charge in [-0.3, -0.25) is 9.83 Å². The number of unbranched alkanes of at least 4 members (excludes halogenated alkanes) is 1. The monoisotopic (exact) mass is 442 g/mol. The fourth-order valence-electron chi connectivity index (χ4n) is 5.49. The van der Waals surface area contributed by atoms with Gasteiger partial charge in [0.2, 0.25) is 0 Å². The van der Waals surface area contributed by atoms with Crippen LogP contribution in [0.15, 0.2) is 35.3 Å². The smallest absolute Gasteiger partial charge is 0.339 e. The number of carbonyl (C=O) groups is 1. The van der Waals surface area contributed by atoms with E-state index in [-0.39, 0.29) is 11.4 Å². The summed E-state index contributed by atoms with van der Waals surface area (Å²) in [6.07, 6.45) is 8.35. The van der Waals surface area contributed by atoms with Crippen LogP contribution in [0.5, 0.6) is 0 Å². The van der Waals surface area contributed by atoms with Crippen molar-refractivity contribution in [3.8, 4) is 0 Å². The molecule has 1 fully saturated rings. The molecule has 0 N–H and O–H groups in total. The van der Waals surface area contributed by atoms with Crippen molar-refractivity contribution < 1.29 is 14.4 Å². The van der Waals surface area contributed by atoms with Crippen LogP contribution < -0.4 is 0 Å². The Balaban J connectivity index is 2.26. The van der Waals surface area contributed by atoms with Crippen molar-refractivity contribution in [2.24, 2.45) is 10.4 Å².